The summed E-state index contributed by atoms with van der Waals surface area (Å²) in [7, 11) is 0. The molecule has 3 aliphatic rings. The van der Waals surface area contributed by atoms with Crippen molar-refractivity contribution in [3.05, 3.63) is 63.8 Å². The van der Waals surface area contributed by atoms with Gasteiger partial charge in [-0.25, -0.2) is 8.78 Å². The molecule has 2 aliphatic heterocycles. The van der Waals surface area contributed by atoms with Crippen LogP contribution in [0.1, 0.15) is 47.3 Å². The Morgan fingerprint density at radius 1 is 1.03 bits per heavy atom. The second kappa shape index (κ2) is 9.48. The second-order valence-electron chi connectivity index (χ2n) is 10.9. The number of nitrogens with zero attached hydrogens (tertiary/aromatic N) is 2. The van der Waals surface area contributed by atoms with Crippen LogP contribution in [-0.2, 0) is 19.3 Å². The molecule has 10 heteroatoms. The van der Waals surface area contributed by atoms with Crippen molar-refractivity contribution < 1.29 is 26.3 Å². The molecule has 2 atom stereocenters. The van der Waals surface area contributed by atoms with E-state index in [2.05, 4.69) is 16.4 Å². The normalized spacial score (nSPS) is 22.2. The third-order valence-electron chi connectivity index (χ3n) is 8.24. The molecule has 2 N–H and O–H groups in total. The van der Waals surface area contributed by atoms with Gasteiger partial charge in [0.25, 0.3) is 0 Å². The zero-order valence-corrected chi connectivity index (χ0v) is 21.1. The van der Waals surface area contributed by atoms with Gasteiger partial charge in [-0.3, -0.25) is 14.2 Å². The van der Waals surface area contributed by atoms with Crippen LogP contribution >= 0.6 is 0 Å². The molecule has 1 aliphatic carbocycles. The topological polar surface area (TPSA) is 34.3 Å². The van der Waals surface area contributed by atoms with Crippen LogP contribution in [0.25, 0.3) is 10.9 Å². The van der Waals surface area contributed by atoms with Gasteiger partial charge in [0.1, 0.15) is 11.6 Å². The van der Waals surface area contributed by atoms with Crippen molar-refractivity contribution in [1.82, 2.24) is 14.8 Å². The lowest BCUT2D eigenvalue weighted by atomic mass is 9.84. The predicted molar refractivity (Wildman–Crippen MR) is 134 cm³/mol. The Balaban J connectivity index is 1.37. The van der Waals surface area contributed by atoms with Crippen LogP contribution in [0.5, 0.6) is 0 Å². The van der Waals surface area contributed by atoms with Gasteiger partial charge in [-0.2, -0.15) is 13.2 Å². The first kappa shape index (κ1) is 25.6. The van der Waals surface area contributed by atoms with Crippen molar-refractivity contribution in [1.29, 1.82) is 0 Å². The van der Waals surface area contributed by atoms with E-state index in [4.69, 9.17) is 0 Å². The molecule has 204 valence electrons. The van der Waals surface area contributed by atoms with Gasteiger partial charge in [0.15, 0.2) is 0 Å². The molecule has 4 nitrogen and oxygen atoms in total. The van der Waals surface area contributed by atoms with Crippen LogP contribution in [0.4, 0.5) is 32.0 Å². The quantitative estimate of drug-likeness (QED) is 0.369. The molecule has 3 heterocycles. The highest BCUT2D eigenvalue weighted by atomic mass is 19.4. The van der Waals surface area contributed by atoms with Crippen molar-refractivity contribution in [2.75, 3.05) is 38.2 Å². The fraction of sp³-hybridized carbons (Fsp3) is 0.500. The van der Waals surface area contributed by atoms with Gasteiger partial charge in [0.2, 0.25) is 0 Å². The van der Waals surface area contributed by atoms with Gasteiger partial charge in [-0.15, -0.1) is 0 Å². The number of alkyl halides is 4. The number of anilines is 1. The number of aromatic amines is 1. The van der Waals surface area contributed by atoms with E-state index < -0.39 is 43.1 Å². The van der Waals surface area contributed by atoms with Gasteiger partial charge < -0.3 is 10.3 Å². The van der Waals surface area contributed by atoms with Crippen LogP contribution in [-0.4, -0.2) is 65.9 Å². The maximum atomic E-state index is 15.7. The van der Waals surface area contributed by atoms with Crippen molar-refractivity contribution >= 4 is 16.6 Å². The third kappa shape index (κ3) is 4.55. The number of rotatable bonds is 7. The zero-order valence-electron chi connectivity index (χ0n) is 21.1. The van der Waals surface area contributed by atoms with Crippen molar-refractivity contribution in [3.63, 3.8) is 0 Å². The lowest BCUT2D eigenvalue weighted by Gasteiger charge is -2.41. The van der Waals surface area contributed by atoms with Crippen molar-refractivity contribution in [2.45, 2.75) is 56.9 Å². The largest absolute Gasteiger partial charge is 0.401 e. The number of aromatic nitrogens is 1. The summed E-state index contributed by atoms with van der Waals surface area (Å²) in [5, 5.41) is 4.02. The number of H-pyrrole nitrogens is 1. The monoisotopic (exact) mass is 536 g/mol. The minimum absolute atomic E-state index is 0.0335. The van der Waals surface area contributed by atoms with Gasteiger partial charge in [-0.05, 0) is 73.6 Å². The van der Waals surface area contributed by atoms with E-state index in [1.807, 2.05) is 11.0 Å². The van der Waals surface area contributed by atoms with Gasteiger partial charge in [0, 0.05) is 53.5 Å². The van der Waals surface area contributed by atoms with Crippen LogP contribution in [0.2, 0.25) is 0 Å². The van der Waals surface area contributed by atoms with E-state index in [0.717, 1.165) is 34.2 Å². The molecule has 0 saturated carbocycles. The fourth-order valence-electron chi connectivity index (χ4n) is 6.31. The Morgan fingerprint density at radius 3 is 2.34 bits per heavy atom. The number of nitrogens with one attached hydrogen (secondary N) is 2. The smallest absolute Gasteiger partial charge is 0.380 e. The molecule has 0 amide bonds. The molecule has 38 heavy (non-hydrogen) atoms. The van der Waals surface area contributed by atoms with E-state index in [1.165, 1.54) is 23.3 Å². The van der Waals surface area contributed by atoms with Crippen LogP contribution in [0.3, 0.4) is 0 Å². The lowest BCUT2D eigenvalue weighted by Crippen LogP contribution is -2.54. The SMILES string of the molecule is C[C@@H]1Cc2c([nH]c3cc4c(cc23)CC4)[C@@H](c2c(F)cc(NC3CN(CCCF)C3)cc2F)N1CC(F)(F)F. The fourth-order valence-corrected chi connectivity index (χ4v) is 6.31. The summed E-state index contributed by atoms with van der Waals surface area (Å²) in [6, 6.07) is 4.56. The standard InChI is InChI=1S/C28H30F6N4/c1-15-7-21-20-8-16-3-4-17(16)9-24(20)36-26(21)27(38(15)14-28(32,33)34)25-22(30)10-18(11-23(25)31)35-19-12-37(13-19)6-2-5-29/h8-11,15,19,27,35-36H,2-7,12-14H2,1H3/t15-,27-/m1/s1. The first-order valence-electron chi connectivity index (χ1n) is 13.1. The van der Waals surface area contributed by atoms with Crippen LogP contribution < -0.4 is 5.32 Å². The molecular formula is C28H30F6N4. The predicted octanol–water partition coefficient (Wildman–Crippen LogP) is 5.90. The summed E-state index contributed by atoms with van der Waals surface area (Å²) < 4.78 is 84.8. The molecule has 0 radical (unpaired) electrons. The Kier molecular flexibility index (Phi) is 6.38. The van der Waals surface area contributed by atoms with Crippen LogP contribution in [0, 0.1) is 11.6 Å². The molecule has 2 aromatic carbocycles. The average molecular weight is 537 g/mol. The highest BCUT2D eigenvalue weighted by Crippen LogP contribution is 2.45. The van der Waals surface area contributed by atoms with Crippen molar-refractivity contribution in [2.24, 2.45) is 0 Å². The number of aryl methyl sites for hydroxylation is 2. The van der Waals surface area contributed by atoms with Crippen LogP contribution in [0.15, 0.2) is 24.3 Å². The maximum absolute atomic E-state index is 15.7. The first-order valence-corrected chi connectivity index (χ1v) is 13.1. The van der Waals surface area contributed by atoms with E-state index >= 15 is 8.78 Å². The summed E-state index contributed by atoms with van der Waals surface area (Å²) >= 11 is 0. The zero-order chi connectivity index (χ0) is 26.8. The molecule has 3 aromatic rings. The number of likely N-dealkylation sites (tertiary alicyclic amines) is 1. The number of fused-ring (bicyclic) bond motifs is 4. The summed E-state index contributed by atoms with van der Waals surface area (Å²) in [5.41, 5.74) is 4.31. The maximum Gasteiger partial charge on any atom is 0.401 e. The van der Waals surface area contributed by atoms with E-state index in [1.54, 1.807) is 6.92 Å². The molecule has 1 saturated heterocycles. The number of hydrogen-bond donors (Lipinski definition) is 2. The van der Waals surface area contributed by atoms with E-state index in [9.17, 15) is 17.6 Å². The third-order valence-corrected chi connectivity index (χ3v) is 8.24. The van der Waals surface area contributed by atoms with Gasteiger partial charge in [0.05, 0.1) is 25.3 Å². The summed E-state index contributed by atoms with van der Waals surface area (Å²) in [4.78, 5) is 6.45. The Hall–Kier alpha value is -2.72. The highest BCUT2D eigenvalue weighted by Gasteiger charge is 2.44. The van der Waals surface area contributed by atoms with Gasteiger partial charge in [-0.1, -0.05) is 0 Å². The highest BCUT2D eigenvalue weighted by molar-refractivity contribution is 5.87. The summed E-state index contributed by atoms with van der Waals surface area (Å²) in [6.07, 6.45) is -1.84. The lowest BCUT2D eigenvalue weighted by molar-refractivity contribution is -0.155. The van der Waals surface area contributed by atoms with E-state index in [-0.39, 0.29) is 17.3 Å². The molecular weight excluding hydrogens is 506 g/mol. The molecule has 1 aromatic heterocycles. The number of halogens is 6. The number of hydrogen-bond acceptors (Lipinski definition) is 3. The minimum atomic E-state index is -4.54. The second-order valence-corrected chi connectivity index (χ2v) is 10.9. The molecule has 0 spiro atoms. The Bertz CT molecular complexity index is 1340. The Morgan fingerprint density at radius 2 is 1.71 bits per heavy atom. The minimum Gasteiger partial charge on any atom is -0.380 e. The summed E-state index contributed by atoms with van der Waals surface area (Å²) in [5.74, 6) is -1.77. The average Bonchev–Trinajstić information content (AvgIpc) is 3.14. The number of benzene rings is 2. The molecule has 6 rings (SSSR count). The Labute approximate surface area is 217 Å². The summed E-state index contributed by atoms with van der Waals surface area (Å²) in [6.45, 7) is 1.90. The molecule has 0 unspecified atom stereocenters. The van der Waals surface area contributed by atoms with Crippen molar-refractivity contribution in [3.8, 4) is 0 Å². The first-order chi connectivity index (χ1) is 18.1. The molecule has 1 fully saturated rings. The molecule has 0 bridgehead atoms. The van der Waals surface area contributed by atoms with E-state index in [0.29, 0.717) is 38.2 Å². The van der Waals surface area contributed by atoms with Gasteiger partial charge >= 0.3 is 6.18 Å².